The third kappa shape index (κ3) is 3.56. The Kier molecular flexibility index (Phi) is 4.71. The van der Waals surface area contributed by atoms with Crippen LogP contribution in [0.4, 0.5) is 0 Å². The molecule has 5 heteroatoms. The molecule has 0 spiro atoms. The third-order valence-electron chi connectivity index (χ3n) is 3.96. The van der Waals surface area contributed by atoms with E-state index in [2.05, 4.69) is 10.3 Å². The fourth-order valence-corrected chi connectivity index (χ4v) is 2.70. The van der Waals surface area contributed by atoms with Gasteiger partial charge >= 0.3 is 5.97 Å². The number of aromatic carboxylic acids is 1. The number of pyridine rings is 1. The molecule has 1 unspecified atom stereocenters. The average Bonchev–Trinajstić information content (AvgIpc) is 2.48. The lowest BCUT2D eigenvalue weighted by Gasteiger charge is -2.28. The van der Waals surface area contributed by atoms with Gasteiger partial charge in [0.25, 0.3) is 5.91 Å². The number of nitrogens with one attached hydrogen (secondary N) is 1. The molecule has 108 valence electrons. The molecule has 1 saturated carbocycles. The first kappa shape index (κ1) is 14.5. The van der Waals surface area contributed by atoms with Crippen molar-refractivity contribution in [2.45, 2.75) is 45.1 Å². The van der Waals surface area contributed by atoms with Crippen molar-refractivity contribution >= 4 is 11.9 Å². The van der Waals surface area contributed by atoms with Crippen LogP contribution < -0.4 is 5.32 Å². The van der Waals surface area contributed by atoms with E-state index in [0.29, 0.717) is 11.5 Å². The predicted molar refractivity (Wildman–Crippen MR) is 74.7 cm³/mol. The van der Waals surface area contributed by atoms with Crippen LogP contribution in [0.1, 0.15) is 59.9 Å². The fourth-order valence-electron chi connectivity index (χ4n) is 2.70. The highest BCUT2D eigenvalue weighted by molar-refractivity contribution is 5.95. The van der Waals surface area contributed by atoms with Gasteiger partial charge in [0.1, 0.15) is 5.69 Å². The molecule has 0 saturated heterocycles. The lowest BCUT2D eigenvalue weighted by molar-refractivity contribution is 0.0689. The van der Waals surface area contributed by atoms with Crippen molar-refractivity contribution in [3.05, 3.63) is 29.6 Å². The zero-order valence-electron chi connectivity index (χ0n) is 11.6. The summed E-state index contributed by atoms with van der Waals surface area (Å²) in [6.45, 7) is 2.03. The minimum atomic E-state index is -1.09. The van der Waals surface area contributed by atoms with Crippen molar-refractivity contribution in [2.75, 3.05) is 0 Å². The molecule has 1 fully saturated rings. The molecule has 0 radical (unpaired) electrons. The van der Waals surface area contributed by atoms with E-state index >= 15 is 0 Å². The second kappa shape index (κ2) is 6.50. The van der Waals surface area contributed by atoms with Crippen LogP contribution in [0, 0.1) is 5.92 Å². The second-order valence-corrected chi connectivity index (χ2v) is 5.40. The van der Waals surface area contributed by atoms with Crippen LogP contribution in [0.15, 0.2) is 18.3 Å². The van der Waals surface area contributed by atoms with E-state index in [4.69, 9.17) is 5.11 Å². The minimum Gasteiger partial charge on any atom is -0.477 e. The number of hydrogen-bond acceptors (Lipinski definition) is 3. The Hall–Kier alpha value is -1.91. The average molecular weight is 276 g/mol. The topological polar surface area (TPSA) is 79.3 Å². The molecule has 1 aromatic rings. The zero-order chi connectivity index (χ0) is 14.5. The molecule has 5 nitrogen and oxygen atoms in total. The van der Waals surface area contributed by atoms with Crippen molar-refractivity contribution in [3.63, 3.8) is 0 Å². The second-order valence-electron chi connectivity index (χ2n) is 5.40. The van der Waals surface area contributed by atoms with Crippen molar-refractivity contribution in [1.29, 1.82) is 0 Å². The molecular weight excluding hydrogens is 256 g/mol. The maximum Gasteiger partial charge on any atom is 0.354 e. The van der Waals surface area contributed by atoms with Gasteiger partial charge in [0.2, 0.25) is 0 Å². The van der Waals surface area contributed by atoms with Gasteiger partial charge in [-0.25, -0.2) is 9.78 Å². The molecule has 20 heavy (non-hydrogen) atoms. The number of hydrogen-bond donors (Lipinski definition) is 2. The van der Waals surface area contributed by atoms with Crippen molar-refractivity contribution < 1.29 is 14.7 Å². The van der Waals surface area contributed by atoms with E-state index in [0.717, 1.165) is 12.8 Å². The molecule has 0 bridgehead atoms. The number of carboxylic acid groups (broad SMARTS) is 1. The van der Waals surface area contributed by atoms with E-state index in [1.807, 2.05) is 6.92 Å². The van der Waals surface area contributed by atoms with Crippen LogP contribution in [-0.4, -0.2) is 28.0 Å². The van der Waals surface area contributed by atoms with E-state index in [-0.39, 0.29) is 17.6 Å². The molecule has 0 aromatic carbocycles. The summed E-state index contributed by atoms with van der Waals surface area (Å²) in [6.07, 6.45) is 7.40. The highest BCUT2D eigenvalue weighted by atomic mass is 16.4. The highest BCUT2D eigenvalue weighted by Crippen LogP contribution is 2.26. The Bertz CT molecular complexity index is 478. The molecule has 0 aliphatic heterocycles. The van der Waals surface area contributed by atoms with E-state index in [1.54, 1.807) is 0 Å². The number of carbonyl (C=O) groups is 2. The Morgan fingerprint density at radius 2 is 2.00 bits per heavy atom. The maximum atomic E-state index is 12.1. The Labute approximate surface area is 118 Å². The lowest BCUT2D eigenvalue weighted by atomic mass is 9.84. The number of rotatable bonds is 4. The summed E-state index contributed by atoms with van der Waals surface area (Å²) < 4.78 is 0. The molecule has 1 aliphatic rings. The Morgan fingerprint density at radius 1 is 1.30 bits per heavy atom. The highest BCUT2D eigenvalue weighted by Gasteiger charge is 2.22. The molecule has 2 N–H and O–H groups in total. The monoisotopic (exact) mass is 276 g/mol. The van der Waals surface area contributed by atoms with E-state index in [1.165, 1.54) is 37.6 Å². The number of nitrogens with zero attached hydrogens (tertiary/aromatic N) is 1. The van der Waals surface area contributed by atoms with Crippen molar-refractivity contribution in [1.82, 2.24) is 10.3 Å². The van der Waals surface area contributed by atoms with Gasteiger partial charge in [0.05, 0.1) is 5.56 Å². The first-order chi connectivity index (χ1) is 9.58. The Morgan fingerprint density at radius 3 is 2.55 bits per heavy atom. The molecule has 1 atom stereocenters. The minimum absolute atomic E-state index is 0.0538. The van der Waals surface area contributed by atoms with Gasteiger partial charge in [-0.3, -0.25) is 4.79 Å². The molecule has 1 aromatic heterocycles. The summed E-state index contributed by atoms with van der Waals surface area (Å²) in [5, 5.41) is 11.8. The summed E-state index contributed by atoms with van der Waals surface area (Å²) in [4.78, 5) is 26.5. The summed E-state index contributed by atoms with van der Waals surface area (Å²) in [6, 6.07) is 2.99. The standard InChI is InChI=1S/C15H20N2O3/c1-10(11-5-3-2-4-6-11)17-14(18)12-7-8-13(15(19)20)16-9-12/h7-11H,2-6H2,1H3,(H,17,18)(H,19,20). The number of aromatic nitrogens is 1. The summed E-state index contributed by atoms with van der Waals surface area (Å²) in [5.41, 5.74) is 0.347. The fraction of sp³-hybridized carbons (Fsp3) is 0.533. The number of amides is 1. The molecular formula is C15H20N2O3. The predicted octanol–water partition coefficient (Wildman–Crippen LogP) is 2.48. The normalized spacial score (nSPS) is 17.4. The molecule has 1 aliphatic carbocycles. The third-order valence-corrected chi connectivity index (χ3v) is 3.96. The van der Waals surface area contributed by atoms with Gasteiger partial charge in [-0.1, -0.05) is 19.3 Å². The van der Waals surface area contributed by atoms with Gasteiger partial charge in [-0.15, -0.1) is 0 Å². The van der Waals surface area contributed by atoms with E-state index < -0.39 is 5.97 Å². The largest absolute Gasteiger partial charge is 0.477 e. The molecule has 1 heterocycles. The van der Waals surface area contributed by atoms with Crippen LogP contribution in [0.3, 0.4) is 0 Å². The molecule has 2 rings (SSSR count). The first-order valence-electron chi connectivity index (χ1n) is 7.08. The number of carboxylic acids is 1. The summed E-state index contributed by atoms with van der Waals surface area (Å²) >= 11 is 0. The number of carbonyl (C=O) groups excluding carboxylic acids is 1. The SMILES string of the molecule is CC(NC(=O)c1ccc(C(=O)O)nc1)C1CCCCC1. The first-order valence-corrected chi connectivity index (χ1v) is 7.08. The van der Waals surface area contributed by atoms with Gasteiger partial charge < -0.3 is 10.4 Å². The lowest BCUT2D eigenvalue weighted by Crippen LogP contribution is -2.38. The van der Waals surface area contributed by atoms with Gasteiger partial charge in [0, 0.05) is 12.2 Å². The van der Waals surface area contributed by atoms with Gasteiger partial charge in [0.15, 0.2) is 0 Å². The van der Waals surface area contributed by atoms with Crippen LogP contribution >= 0.6 is 0 Å². The van der Waals surface area contributed by atoms with Crippen LogP contribution in [0.25, 0.3) is 0 Å². The smallest absolute Gasteiger partial charge is 0.354 e. The maximum absolute atomic E-state index is 12.1. The Balaban J connectivity index is 1.95. The van der Waals surface area contributed by atoms with Crippen molar-refractivity contribution in [3.8, 4) is 0 Å². The van der Waals surface area contributed by atoms with Gasteiger partial charge in [-0.05, 0) is 37.8 Å². The van der Waals surface area contributed by atoms with Crippen LogP contribution in [-0.2, 0) is 0 Å². The van der Waals surface area contributed by atoms with E-state index in [9.17, 15) is 9.59 Å². The van der Waals surface area contributed by atoms with Gasteiger partial charge in [-0.2, -0.15) is 0 Å². The van der Waals surface area contributed by atoms with Crippen LogP contribution in [0.5, 0.6) is 0 Å². The summed E-state index contributed by atoms with van der Waals surface area (Å²) in [7, 11) is 0. The quantitative estimate of drug-likeness (QED) is 0.885. The van der Waals surface area contributed by atoms with Crippen molar-refractivity contribution in [2.24, 2.45) is 5.92 Å². The van der Waals surface area contributed by atoms with Crippen LogP contribution in [0.2, 0.25) is 0 Å². The molecule has 1 amide bonds. The summed E-state index contributed by atoms with van der Waals surface area (Å²) in [5.74, 6) is -0.737. The zero-order valence-corrected chi connectivity index (χ0v) is 11.6.